The maximum Gasteiger partial charge on any atom is 0.265 e. The fraction of sp³-hybridized carbons (Fsp3) is 0.136. The normalized spacial score (nSPS) is 10.3. The number of rotatable bonds is 7. The van der Waals surface area contributed by atoms with Crippen molar-refractivity contribution < 1.29 is 19.1 Å². The van der Waals surface area contributed by atoms with Crippen molar-refractivity contribution in [2.45, 2.75) is 0 Å². The monoisotopic (exact) mass is 457 g/mol. The van der Waals surface area contributed by atoms with E-state index < -0.39 is 5.91 Å². The van der Waals surface area contributed by atoms with Gasteiger partial charge in [-0.15, -0.1) is 11.3 Å². The Morgan fingerprint density at radius 1 is 1.06 bits per heavy atom. The van der Waals surface area contributed by atoms with Crippen LogP contribution in [0.15, 0.2) is 60.0 Å². The van der Waals surface area contributed by atoms with Crippen LogP contribution in [0.5, 0.6) is 5.75 Å². The van der Waals surface area contributed by atoms with Gasteiger partial charge in [-0.2, -0.15) is 0 Å². The second-order valence-electron chi connectivity index (χ2n) is 6.56. The van der Waals surface area contributed by atoms with Crippen LogP contribution < -0.4 is 15.4 Å². The number of carbonyl (C=O) groups excluding carboxylic acids is 3. The van der Waals surface area contributed by atoms with E-state index in [1.165, 1.54) is 30.4 Å². The third-order valence-corrected chi connectivity index (χ3v) is 5.40. The Hall–Kier alpha value is -3.36. The first-order chi connectivity index (χ1) is 14.9. The zero-order valence-electron chi connectivity index (χ0n) is 16.8. The Balaban J connectivity index is 1.59. The molecule has 0 atom stereocenters. The third kappa shape index (κ3) is 5.84. The number of benzene rings is 2. The van der Waals surface area contributed by atoms with Gasteiger partial charge in [0, 0.05) is 23.3 Å². The van der Waals surface area contributed by atoms with Gasteiger partial charge in [0.2, 0.25) is 5.91 Å². The Kier molecular flexibility index (Phi) is 7.28. The number of thiophene rings is 1. The summed E-state index contributed by atoms with van der Waals surface area (Å²) in [6, 6.07) is 14.9. The molecule has 2 aromatic carbocycles. The first kappa shape index (κ1) is 22.3. The molecule has 0 aliphatic heterocycles. The van der Waals surface area contributed by atoms with Gasteiger partial charge in [0.15, 0.2) is 0 Å². The summed E-state index contributed by atoms with van der Waals surface area (Å²) in [6.07, 6.45) is 0. The molecule has 0 fully saturated rings. The number of likely N-dealkylation sites (N-methyl/N-ethyl adjacent to an activating group) is 1. The molecular weight excluding hydrogens is 438 g/mol. The van der Waals surface area contributed by atoms with Gasteiger partial charge in [-0.25, -0.2) is 0 Å². The molecule has 7 nitrogen and oxygen atoms in total. The van der Waals surface area contributed by atoms with E-state index in [-0.39, 0.29) is 18.4 Å². The van der Waals surface area contributed by atoms with E-state index in [1.54, 1.807) is 54.6 Å². The number of nitrogens with zero attached hydrogens (tertiary/aromatic N) is 1. The van der Waals surface area contributed by atoms with Crippen LogP contribution in [0.25, 0.3) is 0 Å². The fourth-order valence-corrected chi connectivity index (χ4v) is 3.56. The Bertz CT molecular complexity index is 1080. The molecule has 0 aliphatic rings. The van der Waals surface area contributed by atoms with Crippen LogP contribution in [-0.2, 0) is 4.79 Å². The molecule has 0 bridgehead atoms. The summed E-state index contributed by atoms with van der Waals surface area (Å²) in [5, 5.41) is 7.74. The predicted molar refractivity (Wildman–Crippen MR) is 122 cm³/mol. The zero-order valence-corrected chi connectivity index (χ0v) is 18.4. The van der Waals surface area contributed by atoms with Gasteiger partial charge in [0.25, 0.3) is 11.8 Å². The summed E-state index contributed by atoms with van der Waals surface area (Å²) in [5.74, 6) is -0.466. The minimum absolute atomic E-state index is 0.161. The van der Waals surface area contributed by atoms with Crippen molar-refractivity contribution in [2.24, 2.45) is 0 Å². The van der Waals surface area contributed by atoms with Crippen LogP contribution in [0.2, 0.25) is 5.02 Å². The quantitative estimate of drug-likeness (QED) is 0.551. The summed E-state index contributed by atoms with van der Waals surface area (Å²) in [4.78, 5) is 39.0. The minimum atomic E-state index is -0.392. The summed E-state index contributed by atoms with van der Waals surface area (Å²) < 4.78 is 5.20. The topological polar surface area (TPSA) is 87.7 Å². The molecule has 0 radical (unpaired) electrons. The van der Waals surface area contributed by atoms with Gasteiger partial charge in [-0.3, -0.25) is 14.4 Å². The van der Waals surface area contributed by atoms with Gasteiger partial charge in [-0.05, 0) is 53.9 Å². The molecule has 31 heavy (non-hydrogen) atoms. The maximum absolute atomic E-state index is 12.6. The molecule has 2 N–H and O–H groups in total. The smallest absolute Gasteiger partial charge is 0.265 e. The van der Waals surface area contributed by atoms with Crippen molar-refractivity contribution >= 4 is 52.0 Å². The number of anilines is 2. The lowest BCUT2D eigenvalue weighted by Crippen LogP contribution is -2.35. The molecule has 3 amide bonds. The van der Waals surface area contributed by atoms with Gasteiger partial charge >= 0.3 is 0 Å². The van der Waals surface area contributed by atoms with Crippen LogP contribution in [-0.4, -0.2) is 43.3 Å². The molecule has 0 unspecified atom stereocenters. The molecule has 0 saturated carbocycles. The molecule has 9 heteroatoms. The highest BCUT2D eigenvalue weighted by atomic mass is 35.5. The second kappa shape index (κ2) is 10.1. The lowest BCUT2D eigenvalue weighted by molar-refractivity contribution is -0.116. The van der Waals surface area contributed by atoms with Crippen LogP contribution in [0, 0.1) is 0 Å². The van der Waals surface area contributed by atoms with Crippen molar-refractivity contribution in [1.82, 2.24) is 4.90 Å². The van der Waals surface area contributed by atoms with E-state index in [1.807, 2.05) is 5.38 Å². The molecule has 1 heterocycles. The number of ether oxygens (including phenoxy) is 1. The molecule has 3 aromatic rings. The zero-order chi connectivity index (χ0) is 22.4. The molecule has 1 aromatic heterocycles. The highest BCUT2D eigenvalue weighted by molar-refractivity contribution is 7.12. The van der Waals surface area contributed by atoms with Crippen LogP contribution in [0.3, 0.4) is 0 Å². The highest BCUT2D eigenvalue weighted by Crippen LogP contribution is 2.27. The Labute approximate surface area is 188 Å². The van der Waals surface area contributed by atoms with Gasteiger partial charge in [-0.1, -0.05) is 17.7 Å². The van der Waals surface area contributed by atoms with E-state index in [0.29, 0.717) is 32.6 Å². The SMILES string of the molecule is COc1ccc(Cl)cc1NC(=O)CN(C)C(=O)c1ccc(NC(=O)c2cccs2)cc1. The first-order valence-corrected chi connectivity index (χ1v) is 10.5. The average molecular weight is 458 g/mol. The average Bonchev–Trinajstić information content (AvgIpc) is 3.29. The largest absolute Gasteiger partial charge is 0.495 e. The molecule has 3 rings (SSSR count). The van der Waals surface area contributed by atoms with Crippen molar-refractivity contribution in [3.8, 4) is 5.75 Å². The van der Waals surface area contributed by atoms with E-state index in [0.717, 1.165) is 0 Å². The summed E-state index contributed by atoms with van der Waals surface area (Å²) in [6.45, 7) is -0.161. The predicted octanol–water partition coefficient (Wildman–Crippen LogP) is 4.37. The van der Waals surface area contributed by atoms with E-state index in [9.17, 15) is 14.4 Å². The molecule has 0 saturated heterocycles. The van der Waals surface area contributed by atoms with E-state index in [4.69, 9.17) is 16.3 Å². The standard InChI is InChI=1S/C22H20ClN3O4S/c1-26(13-20(27)25-17-12-15(23)7-10-18(17)30-2)22(29)14-5-8-16(9-6-14)24-21(28)19-4-3-11-31-19/h3-12H,13H2,1-2H3,(H,24,28)(H,25,27). The Morgan fingerprint density at radius 3 is 2.45 bits per heavy atom. The van der Waals surface area contributed by atoms with Gasteiger partial charge in [0.1, 0.15) is 5.75 Å². The number of methoxy groups -OCH3 is 1. The first-order valence-electron chi connectivity index (χ1n) is 9.21. The van der Waals surface area contributed by atoms with Crippen LogP contribution in [0.1, 0.15) is 20.0 Å². The van der Waals surface area contributed by atoms with Crippen LogP contribution in [0.4, 0.5) is 11.4 Å². The number of nitrogens with one attached hydrogen (secondary N) is 2. The minimum Gasteiger partial charge on any atom is -0.495 e. The van der Waals surface area contributed by atoms with Gasteiger partial charge in [0.05, 0.1) is 24.2 Å². The number of hydrogen-bond acceptors (Lipinski definition) is 5. The fourth-order valence-electron chi connectivity index (χ4n) is 2.77. The van der Waals surface area contributed by atoms with Gasteiger partial charge < -0.3 is 20.3 Å². The lowest BCUT2D eigenvalue weighted by atomic mass is 10.2. The van der Waals surface area contributed by atoms with Crippen molar-refractivity contribution in [3.05, 3.63) is 75.4 Å². The molecular formula is C22H20ClN3O4S. The number of halogens is 1. The summed E-state index contributed by atoms with van der Waals surface area (Å²) in [5.41, 5.74) is 1.39. The third-order valence-electron chi connectivity index (χ3n) is 4.30. The molecule has 0 aliphatic carbocycles. The number of carbonyl (C=O) groups is 3. The molecule has 0 spiro atoms. The van der Waals surface area contributed by atoms with Crippen LogP contribution >= 0.6 is 22.9 Å². The Morgan fingerprint density at radius 2 is 1.81 bits per heavy atom. The van der Waals surface area contributed by atoms with Crippen molar-refractivity contribution in [2.75, 3.05) is 31.3 Å². The highest BCUT2D eigenvalue weighted by Gasteiger charge is 2.17. The maximum atomic E-state index is 12.6. The number of hydrogen-bond donors (Lipinski definition) is 2. The molecule has 160 valence electrons. The number of amides is 3. The lowest BCUT2D eigenvalue weighted by Gasteiger charge is -2.18. The summed E-state index contributed by atoms with van der Waals surface area (Å²) >= 11 is 7.32. The van der Waals surface area contributed by atoms with Crippen molar-refractivity contribution in [1.29, 1.82) is 0 Å². The summed E-state index contributed by atoms with van der Waals surface area (Å²) in [7, 11) is 3.02. The van der Waals surface area contributed by atoms with Crippen molar-refractivity contribution in [3.63, 3.8) is 0 Å². The van der Waals surface area contributed by atoms with E-state index >= 15 is 0 Å². The second-order valence-corrected chi connectivity index (χ2v) is 7.95. The van der Waals surface area contributed by atoms with E-state index in [2.05, 4.69) is 10.6 Å².